The Morgan fingerprint density at radius 1 is 1.29 bits per heavy atom. The molecule has 0 saturated carbocycles. The summed E-state index contributed by atoms with van der Waals surface area (Å²) >= 11 is 0. The lowest BCUT2D eigenvalue weighted by Gasteiger charge is -2.27. The van der Waals surface area contributed by atoms with E-state index in [1.54, 1.807) is 0 Å². The summed E-state index contributed by atoms with van der Waals surface area (Å²) in [6.45, 7) is 0.791. The fourth-order valence-electron chi connectivity index (χ4n) is 2.81. The molecule has 24 heavy (non-hydrogen) atoms. The average molecular weight is 340 g/mol. The van der Waals surface area contributed by atoms with Gasteiger partial charge in [0.1, 0.15) is 6.04 Å². The van der Waals surface area contributed by atoms with E-state index in [-0.39, 0.29) is 18.0 Å². The smallest absolute Gasteiger partial charge is 0.348 e. The largest absolute Gasteiger partial charge is 0.446 e. The molecule has 0 saturated heterocycles. The Labute approximate surface area is 138 Å². The van der Waals surface area contributed by atoms with E-state index < -0.39 is 12.5 Å². The van der Waals surface area contributed by atoms with Crippen LogP contribution in [0.15, 0.2) is 36.4 Å². The number of fused-ring (bicyclic) bond motifs is 1. The molecule has 0 radical (unpaired) electrons. The van der Waals surface area contributed by atoms with Crippen LogP contribution in [-0.4, -0.2) is 31.0 Å². The lowest BCUT2D eigenvalue weighted by atomic mass is 9.87. The van der Waals surface area contributed by atoms with Crippen LogP contribution >= 0.6 is 0 Å². The molecular formula is C17H19F3N2O2. The van der Waals surface area contributed by atoms with Crippen molar-refractivity contribution in [1.29, 1.82) is 0 Å². The summed E-state index contributed by atoms with van der Waals surface area (Å²) in [6.07, 6.45) is 1.55. The molecule has 1 aromatic carbocycles. The zero-order valence-corrected chi connectivity index (χ0v) is 13.0. The van der Waals surface area contributed by atoms with Crippen molar-refractivity contribution in [2.75, 3.05) is 6.54 Å². The minimum atomic E-state index is -4.64. The van der Waals surface area contributed by atoms with Crippen LogP contribution in [0.3, 0.4) is 0 Å². The summed E-state index contributed by atoms with van der Waals surface area (Å²) in [5.74, 6) is 0.0884. The summed E-state index contributed by atoms with van der Waals surface area (Å²) in [6, 6.07) is 8.46. The third-order valence-electron chi connectivity index (χ3n) is 3.89. The van der Waals surface area contributed by atoms with Crippen molar-refractivity contribution >= 4 is 12.2 Å². The van der Waals surface area contributed by atoms with Gasteiger partial charge >= 0.3 is 6.18 Å². The van der Waals surface area contributed by atoms with Crippen LogP contribution in [0.1, 0.15) is 30.0 Å². The van der Waals surface area contributed by atoms with E-state index >= 15 is 0 Å². The van der Waals surface area contributed by atoms with Crippen molar-refractivity contribution in [3.63, 3.8) is 0 Å². The average Bonchev–Trinajstić information content (AvgIpc) is 3.10. The van der Waals surface area contributed by atoms with E-state index in [1.165, 1.54) is 11.1 Å². The zero-order chi connectivity index (χ0) is 17.6. The summed E-state index contributed by atoms with van der Waals surface area (Å²) < 4.78 is 31.2. The number of nitrogens with one attached hydrogen (secondary N) is 2. The first-order valence-corrected chi connectivity index (χ1v) is 7.72. The molecule has 7 heteroatoms. The number of carbonyl (C=O) groups is 2. The standard InChI is InChI=1S/C15H18N2O.C2HF3O/c18-15(14-9-4-10-16-14)17-13-8-3-6-11-5-1-2-7-12(11)13;3-2(4,5)1-6/h1-2,4-5,7,9,13-14,16H,3,6,8,10H2,(H,17,18);1H/t13-,14+;/m1./s1. The summed E-state index contributed by atoms with van der Waals surface area (Å²) in [4.78, 5) is 20.8. The van der Waals surface area contributed by atoms with Crippen molar-refractivity contribution in [1.82, 2.24) is 10.6 Å². The van der Waals surface area contributed by atoms with Gasteiger partial charge in [0, 0.05) is 6.54 Å². The first-order chi connectivity index (χ1) is 11.4. The molecule has 130 valence electrons. The van der Waals surface area contributed by atoms with Gasteiger partial charge in [-0.25, -0.2) is 0 Å². The predicted molar refractivity (Wildman–Crippen MR) is 83.3 cm³/mol. The van der Waals surface area contributed by atoms with Crippen LogP contribution in [0.2, 0.25) is 0 Å². The van der Waals surface area contributed by atoms with Gasteiger partial charge < -0.3 is 5.32 Å². The minimum Gasteiger partial charge on any atom is -0.348 e. The fourth-order valence-corrected chi connectivity index (χ4v) is 2.81. The Balaban J connectivity index is 0.000000301. The maximum Gasteiger partial charge on any atom is 0.446 e. The fraction of sp³-hybridized carbons (Fsp3) is 0.412. The molecule has 4 nitrogen and oxygen atoms in total. The van der Waals surface area contributed by atoms with Gasteiger partial charge in [0.05, 0.1) is 6.04 Å². The normalized spacial score (nSPS) is 22.1. The van der Waals surface area contributed by atoms with Crippen molar-refractivity contribution < 1.29 is 22.8 Å². The second kappa shape index (κ2) is 8.10. The number of benzene rings is 1. The van der Waals surface area contributed by atoms with Crippen molar-refractivity contribution in [2.24, 2.45) is 0 Å². The van der Waals surface area contributed by atoms with Gasteiger partial charge in [-0.1, -0.05) is 36.4 Å². The SMILES string of the molecule is O=C(N[C@@H]1CCCc2ccccc21)[C@@H]1C=CCN1.O=CC(F)(F)F. The van der Waals surface area contributed by atoms with Crippen molar-refractivity contribution in [2.45, 2.75) is 37.5 Å². The van der Waals surface area contributed by atoms with E-state index in [1.807, 2.05) is 12.2 Å². The number of aldehydes is 1. The second-order valence-electron chi connectivity index (χ2n) is 5.63. The van der Waals surface area contributed by atoms with Gasteiger partial charge in [-0.15, -0.1) is 0 Å². The lowest BCUT2D eigenvalue weighted by molar-refractivity contribution is -0.156. The number of amides is 1. The van der Waals surface area contributed by atoms with Gasteiger partial charge in [0.15, 0.2) is 0 Å². The molecule has 1 heterocycles. The predicted octanol–water partition coefficient (Wildman–Crippen LogP) is 2.46. The van der Waals surface area contributed by atoms with Crippen LogP contribution < -0.4 is 10.6 Å². The van der Waals surface area contributed by atoms with Crippen molar-refractivity contribution in [3.05, 3.63) is 47.5 Å². The first kappa shape index (κ1) is 18.2. The highest BCUT2D eigenvalue weighted by molar-refractivity contribution is 5.84. The summed E-state index contributed by atoms with van der Waals surface area (Å²) in [5, 5.41) is 6.31. The molecule has 1 aliphatic heterocycles. The highest BCUT2D eigenvalue weighted by Gasteiger charge is 2.25. The van der Waals surface area contributed by atoms with E-state index in [4.69, 9.17) is 4.79 Å². The molecule has 0 bridgehead atoms. The molecule has 3 rings (SSSR count). The molecule has 1 amide bonds. The van der Waals surface area contributed by atoms with Crippen LogP contribution in [-0.2, 0) is 16.0 Å². The third kappa shape index (κ3) is 5.19. The number of alkyl halides is 3. The second-order valence-corrected chi connectivity index (χ2v) is 5.63. The van der Waals surface area contributed by atoms with Crippen LogP contribution in [0.25, 0.3) is 0 Å². The number of hydrogen-bond donors (Lipinski definition) is 2. The van der Waals surface area contributed by atoms with Crippen LogP contribution in [0, 0.1) is 0 Å². The van der Waals surface area contributed by atoms with Gasteiger partial charge in [-0.3, -0.25) is 14.9 Å². The van der Waals surface area contributed by atoms with E-state index in [0.29, 0.717) is 0 Å². The molecule has 2 atom stereocenters. The molecule has 2 aliphatic rings. The summed E-state index contributed by atoms with van der Waals surface area (Å²) in [5.41, 5.74) is 2.67. The highest BCUT2D eigenvalue weighted by Crippen LogP contribution is 2.29. The van der Waals surface area contributed by atoms with E-state index in [9.17, 15) is 18.0 Å². The maximum atomic E-state index is 12.1. The Morgan fingerprint density at radius 3 is 2.62 bits per heavy atom. The van der Waals surface area contributed by atoms with E-state index in [2.05, 4.69) is 34.9 Å². The topological polar surface area (TPSA) is 58.2 Å². The van der Waals surface area contributed by atoms with Gasteiger partial charge in [-0.2, -0.15) is 13.2 Å². The lowest BCUT2D eigenvalue weighted by Crippen LogP contribution is -2.42. The Morgan fingerprint density at radius 2 is 2.00 bits per heavy atom. The summed E-state index contributed by atoms with van der Waals surface area (Å²) in [7, 11) is 0. The highest BCUT2D eigenvalue weighted by atomic mass is 19.4. The molecule has 1 aliphatic carbocycles. The Bertz CT molecular complexity index is 614. The maximum absolute atomic E-state index is 12.1. The van der Waals surface area contributed by atoms with Gasteiger partial charge in [-0.05, 0) is 30.4 Å². The Kier molecular flexibility index (Phi) is 6.14. The molecule has 2 N–H and O–H groups in total. The van der Waals surface area contributed by atoms with Crippen LogP contribution in [0.4, 0.5) is 13.2 Å². The molecule has 0 fully saturated rings. The number of halogens is 3. The van der Waals surface area contributed by atoms with Gasteiger partial charge in [0.25, 0.3) is 0 Å². The molecule has 1 aromatic rings. The number of aryl methyl sites for hydroxylation is 1. The number of hydrogen-bond acceptors (Lipinski definition) is 3. The number of carbonyl (C=O) groups excluding carboxylic acids is 2. The molecule has 0 unspecified atom stereocenters. The zero-order valence-electron chi connectivity index (χ0n) is 13.0. The van der Waals surface area contributed by atoms with E-state index in [0.717, 1.165) is 25.8 Å². The molecule has 0 spiro atoms. The van der Waals surface area contributed by atoms with Crippen molar-refractivity contribution in [3.8, 4) is 0 Å². The quantitative estimate of drug-likeness (QED) is 0.642. The minimum absolute atomic E-state index is 0.0884. The molecule has 0 aromatic heterocycles. The molecular weight excluding hydrogens is 321 g/mol. The third-order valence-corrected chi connectivity index (χ3v) is 3.89. The number of rotatable bonds is 2. The monoisotopic (exact) mass is 340 g/mol. The Hall–Kier alpha value is -2.15. The van der Waals surface area contributed by atoms with Gasteiger partial charge in [0.2, 0.25) is 12.2 Å². The van der Waals surface area contributed by atoms with Crippen LogP contribution in [0.5, 0.6) is 0 Å². The first-order valence-electron chi connectivity index (χ1n) is 7.72.